The predicted molar refractivity (Wildman–Crippen MR) is 72.5 cm³/mol. The SMILES string of the molecule is Oc1ccc2c(c1)SN([C@@H]1CN3CCC1CC3)C2. The molecule has 1 aromatic rings. The number of hydrogen-bond acceptors (Lipinski definition) is 4. The minimum atomic E-state index is 0.386. The van der Waals surface area contributed by atoms with Gasteiger partial charge >= 0.3 is 0 Å². The van der Waals surface area contributed by atoms with Gasteiger partial charge in [-0.3, -0.25) is 0 Å². The number of benzene rings is 1. The Morgan fingerprint density at radius 1 is 1.22 bits per heavy atom. The van der Waals surface area contributed by atoms with E-state index in [-0.39, 0.29) is 0 Å². The first-order chi connectivity index (χ1) is 8.79. The van der Waals surface area contributed by atoms with E-state index in [1.807, 2.05) is 18.0 Å². The summed E-state index contributed by atoms with van der Waals surface area (Å²) in [6, 6.07) is 6.48. The zero-order chi connectivity index (χ0) is 12.1. The van der Waals surface area contributed by atoms with Crippen molar-refractivity contribution in [2.24, 2.45) is 5.92 Å². The quantitative estimate of drug-likeness (QED) is 0.786. The van der Waals surface area contributed by atoms with Gasteiger partial charge in [-0.2, -0.15) is 0 Å². The summed E-state index contributed by atoms with van der Waals surface area (Å²) >= 11 is 1.84. The third-order valence-electron chi connectivity index (χ3n) is 4.58. The Bertz CT molecular complexity index is 471. The van der Waals surface area contributed by atoms with Gasteiger partial charge in [0.15, 0.2) is 0 Å². The van der Waals surface area contributed by atoms with Crippen molar-refractivity contribution in [1.29, 1.82) is 0 Å². The summed E-state index contributed by atoms with van der Waals surface area (Å²) < 4.78 is 2.54. The average molecular weight is 262 g/mol. The van der Waals surface area contributed by atoms with Crippen LogP contribution in [0.4, 0.5) is 0 Å². The highest BCUT2D eigenvalue weighted by molar-refractivity contribution is 7.97. The number of phenols is 1. The van der Waals surface area contributed by atoms with Gasteiger partial charge in [-0.05, 0) is 61.5 Å². The largest absolute Gasteiger partial charge is 0.508 e. The van der Waals surface area contributed by atoms with Gasteiger partial charge in [0.1, 0.15) is 5.75 Å². The van der Waals surface area contributed by atoms with Crippen LogP contribution in [0.3, 0.4) is 0 Å². The molecule has 4 heteroatoms. The van der Waals surface area contributed by atoms with E-state index in [2.05, 4.69) is 15.3 Å². The molecule has 1 atom stereocenters. The van der Waals surface area contributed by atoms with Crippen molar-refractivity contribution in [3.8, 4) is 5.75 Å². The van der Waals surface area contributed by atoms with Gasteiger partial charge in [-0.1, -0.05) is 6.07 Å². The third kappa shape index (κ3) is 1.75. The number of nitrogens with zero attached hydrogens (tertiary/aromatic N) is 2. The number of piperidine rings is 3. The number of phenolic OH excluding ortho intramolecular Hbond substituents is 1. The van der Waals surface area contributed by atoms with E-state index in [0.717, 1.165) is 12.5 Å². The molecule has 3 fully saturated rings. The fourth-order valence-corrected chi connectivity index (χ4v) is 4.78. The summed E-state index contributed by atoms with van der Waals surface area (Å²) in [6.45, 7) is 4.87. The Labute approximate surface area is 112 Å². The van der Waals surface area contributed by atoms with Crippen LogP contribution in [-0.2, 0) is 6.54 Å². The zero-order valence-corrected chi connectivity index (χ0v) is 11.2. The highest BCUT2D eigenvalue weighted by Crippen LogP contribution is 2.43. The van der Waals surface area contributed by atoms with Crippen molar-refractivity contribution in [3.63, 3.8) is 0 Å². The first-order valence-corrected chi connectivity index (χ1v) is 7.56. The molecule has 3 nitrogen and oxygen atoms in total. The second kappa shape index (κ2) is 4.15. The van der Waals surface area contributed by atoms with Crippen LogP contribution in [0.1, 0.15) is 18.4 Å². The number of rotatable bonds is 1. The molecule has 0 aliphatic carbocycles. The molecule has 4 aliphatic heterocycles. The van der Waals surface area contributed by atoms with Gasteiger partial charge in [-0.15, -0.1) is 0 Å². The summed E-state index contributed by atoms with van der Waals surface area (Å²) in [5.41, 5.74) is 1.37. The van der Waals surface area contributed by atoms with Crippen molar-refractivity contribution in [2.75, 3.05) is 19.6 Å². The van der Waals surface area contributed by atoms with Crippen LogP contribution in [0, 0.1) is 5.92 Å². The average Bonchev–Trinajstić information content (AvgIpc) is 2.83. The Balaban J connectivity index is 1.55. The number of aromatic hydroxyl groups is 1. The minimum absolute atomic E-state index is 0.386. The van der Waals surface area contributed by atoms with Crippen molar-refractivity contribution in [2.45, 2.75) is 30.3 Å². The van der Waals surface area contributed by atoms with Gasteiger partial charge in [-0.25, -0.2) is 4.31 Å². The van der Waals surface area contributed by atoms with Crippen molar-refractivity contribution < 1.29 is 5.11 Å². The van der Waals surface area contributed by atoms with Crippen LogP contribution in [0.25, 0.3) is 0 Å². The van der Waals surface area contributed by atoms with Crippen LogP contribution < -0.4 is 0 Å². The Morgan fingerprint density at radius 2 is 2.06 bits per heavy atom. The molecule has 2 bridgehead atoms. The number of hydrogen-bond donors (Lipinski definition) is 1. The molecular weight excluding hydrogens is 244 g/mol. The van der Waals surface area contributed by atoms with E-state index in [1.165, 1.54) is 42.9 Å². The molecule has 0 aromatic heterocycles. The van der Waals surface area contributed by atoms with Crippen LogP contribution in [-0.4, -0.2) is 40.0 Å². The molecule has 0 saturated carbocycles. The van der Waals surface area contributed by atoms with Gasteiger partial charge in [0.2, 0.25) is 0 Å². The van der Waals surface area contributed by atoms with Crippen molar-refractivity contribution in [3.05, 3.63) is 23.8 Å². The van der Waals surface area contributed by atoms with Crippen molar-refractivity contribution >= 4 is 11.9 Å². The van der Waals surface area contributed by atoms with Crippen LogP contribution in [0.2, 0.25) is 0 Å². The second-order valence-corrected chi connectivity index (χ2v) is 6.76. The molecule has 96 valence electrons. The molecule has 1 aromatic carbocycles. The first kappa shape index (κ1) is 11.1. The van der Waals surface area contributed by atoms with E-state index in [1.54, 1.807) is 6.07 Å². The fraction of sp³-hybridized carbons (Fsp3) is 0.571. The lowest BCUT2D eigenvalue weighted by Crippen LogP contribution is -2.54. The van der Waals surface area contributed by atoms with E-state index in [9.17, 15) is 5.11 Å². The van der Waals surface area contributed by atoms with E-state index in [0.29, 0.717) is 11.8 Å². The third-order valence-corrected chi connectivity index (χ3v) is 5.80. The van der Waals surface area contributed by atoms with Crippen LogP contribution >= 0.6 is 11.9 Å². The summed E-state index contributed by atoms with van der Waals surface area (Å²) in [6.07, 6.45) is 2.73. The van der Waals surface area contributed by atoms with Gasteiger partial charge in [0, 0.05) is 24.0 Å². The molecule has 0 amide bonds. The molecule has 1 N–H and O–H groups in total. The summed E-state index contributed by atoms with van der Waals surface area (Å²) in [4.78, 5) is 3.84. The molecule has 18 heavy (non-hydrogen) atoms. The first-order valence-electron chi connectivity index (χ1n) is 6.78. The minimum Gasteiger partial charge on any atom is -0.508 e. The van der Waals surface area contributed by atoms with E-state index >= 15 is 0 Å². The lowest BCUT2D eigenvalue weighted by atomic mass is 9.84. The fourth-order valence-electron chi connectivity index (χ4n) is 3.53. The van der Waals surface area contributed by atoms with Crippen LogP contribution in [0.5, 0.6) is 5.75 Å². The Morgan fingerprint density at radius 3 is 2.78 bits per heavy atom. The highest BCUT2D eigenvalue weighted by atomic mass is 32.2. The molecule has 0 spiro atoms. The second-order valence-electron chi connectivity index (χ2n) is 5.66. The summed E-state index contributed by atoms with van der Waals surface area (Å²) in [5.74, 6) is 1.27. The summed E-state index contributed by atoms with van der Waals surface area (Å²) in [5, 5.41) is 9.56. The standard InChI is InChI=1S/C14H18N2OS/c17-12-2-1-11-8-16(18-14(11)7-12)13-9-15-5-3-10(13)4-6-15/h1-2,7,10,13,17H,3-6,8-9H2/t13-/m1/s1. The Kier molecular flexibility index (Phi) is 2.57. The Hall–Kier alpha value is -0.710. The molecule has 0 unspecified atom stereocenters. The lowest BCUT2D eigenvalue weighted by Gasteiger charge is -2.47. The summed E-state index contributed by atoms with van der Waals surface area (Å²) in [7, 11) is 0. The maximum absolute atomic E-state index is 9.56. The molecule has 3 saturated heterocycles. The number of fused-ring (bicyclic) bond motifs is 4. The molecule has 0 radical (unpaired) electrons. The highest BCUT2D eigenvalue weighted by Gasteiger charge is 2.39. The zero-order valence-electron chi connectivity index (χ0n) is 10.4. The van der Waals surface area contributed by atoms with Gasteiger partial charge in [0.25, 0.3) is 0 Å². The van der Waals surface area contributed by atoms with Crippen LogP contribution in [0.15, 0.2) is 23.1 Å². The van der Waals surface area contributed by atoms with E-state index in [4.69, 9.17) is 0 Å². The normalized spacial score (nSPS) is 34.8. The van der Waals surface area contributed by atoms with Gasteiger partial charge < -0.3 is 10.0 Å². The van der Waals surface area contributed by atoms with E-state index < -0.39 is 0 Å². The molecule has 4 aliphatic rings. The lowest BCUT2D eigenvalue weighted by molar-refractivity contribution is 0.0420. The molecular formula is C14H18N2OS. The maximum atomic E-state index is 9.56. The van der Waals surface area contributed by atoms with Gasteiger partial charge in [0.05, 0.1) is 0 Å². The topological polar surface area (TPSA) is 26.7 Å². The monoisotopic (exact) mass is 262 g/mol. The molecule has 4 heterocycles. The molecule has 5 rings (SSSR count). The predicted octanol–water partition coefficient (Wildman–Crippen LogP) is 2.31. The maximum Gasteiger partial charge on any atom is 0.116 e. The van der Waals surface area contributed by atoms with Crippen molar-refractivity contribution in [1.82, 2.24) is 9.21 Å². The smallest absolute Gasteiger partial charge is 0.116 e.